The lowest BCUT2D eigenvalue weighted by Crippen LogP contribution is -2.61. The van der Waals surface area contributed by atoms with Crippen LogP contribution in [0.1, 0.15) is 64.4 Å². The summed E-state index contributed by atoms with van der Waals surface area (Å²) in [5, 5.41) is 4.21. The lowest BCUT2D eigenvalue weighted by molar-refractivity contribution is -0.288. The number of carbonyl (C=O) groups excluding carboxylic acids is 1. The van der Waals surface area contributed by atoms with Gasteiger partial charge in [0.15, 0.2) is 5.79 Å². The molecule has 0 atom stereocenters. The molecule has 1 spiro atoms. The van der Waals surface area contributed by atoms with E-state index in [2.05, 4.69) is 24.1 Å². The van der Waals surface area contributed by atoms with Crippen LogP contribution in [0.5, 0.6) is 0 Å². The molecule has 2 aliphatic rings. The van der Waals surface area contributed by atoms with Crippen LogP contribution in [0.4, 0.5) is 0 Å². The second-order valence-electron chi connectivity index (χ2n) is 8.87. The molecule has 3 rings (SSSR count). The van der Waals surface area contributed by atoms with E-state index in [1.54, 1.807) is 12.1 Å². The van der Waals surface area contributed by atoms with Crippen LogP contribution >= 0.6 is 23.2 Å². The van der Waals surface area contributed by atoms with Crippen molar-refractivity contribution in [3.8, 4) is 0 Å². The molecule has 1 saturated heterocycles. The van der Waals surface area contributed by atoms with Gasteiger partial charge in [-0.1, -0.05) is 43.1 Å². The zero-order valence-electron chi connectivity index (χ0n) is 18.9. The Kier molecular flexibility index (Phi) is 9.06. The predicted molar refractivity (Wildman–Crippen MR) is 126 cm³/mol. The molecule has 1 saturated carbocycles. The summed E-state index contributed by atoms with van der Waals surface area (Å²) in [7, 11) is 0. The van der Waals surface area contributed by atoms with Crippen LogP contribution in [0.2, 0.25) is 10.0 Å². The predicted octanol–water partition coefficient (Wildman–Crippen LogP) is 5.22. The fourth-order valence-corrected chi connectivity index (χ4v) is 5.21. The van der Waals surface area contributed by atoms with Crippen LogP contribution in [0.3, 0.4) is 0 Å². The highest BCUT2D eigenvalue weighted by atomic mass is 35.5. The molecule has 2 fully saturated rings. The minimum absolute atomic E-state index is 0.0103. The van der Waals surface area contributed by atoms with E-state index in [9.17, 15) is 4.79 Å². The van der Waals surface area contributed by atoms with E-state index in [0.29, 0.717) is 23.0 Å². The van der Waals surface area contributed by atoms with E-state index in [1.165, 1.54) is 0 Å². The molecule has 1 aliphatic heterocycles. The normalized spacial score (nSPS) is 20.2. The van der Waals surface area contributed by atoms with Crippen LogP contribution in [-0.4, -0.2) is 55.0 Å². The highest BCUT2D eigenvalue weighted by Gasteiger charge is 2.47. The molecule has 1 heterocycles. The number of hydrogen-bond acceptors (Lipinski definition) is 4. The Labute approximate surface area is 196 Å². The van der Waals surface area contributed by atoms with Gasteiger partial charge < -0.3 is 14.8 Å². The van der Waals surface area contributed by atoms with Crippen LogP contribution in [-0.2, 0) is 20.7 Å². The monoisotopic (exact) mass is 470 g/mol. The van der Waals surface area contributed by atoms with Gasteiger partial charge in [0, 0.05) is 24.9 Å². The molecule has 0 bridgehead atoms. The van der Waals surface area contributed by atoms with E-state index in [0.717, 1.165) is 76.8 Å². The summed E-state index contributed by atoms with van der Waals surface area (Å²) in [6.45, 7) is 8.70. The van der Waals surface area contributed by atoms with Crippen LogP contribution in [0.25, 0.3) is 0 Å². The zero-order valence-corrected chi connectivity index (χ0v) is 20.4. The van der Waals surface area contributed by atoms with Gasteiger partial charge in [-0.15, -0.1) is 0 Å². The minimum Gasteiger partial charge on any atom is -0.354 e. The zero-order chi connectivity index (χ0) is 22.3. The Hall–Kier alpha value is -0.850. The number of halogens is 2. The number of hydrogen-bond donors (Lipinski definition) is 1. The van der Waals surface area contributed by atoms with Crippen molar-refractivity contribution in [2.75, 3.05) is 32.8 Å². The van der Waals surface area contributed by atoms with Gasteiger partial charge in [-0.2, -0.15) is 0 Å². The molecule has 31 heavy (non-hydrogen) atoms. The molecule has 0 radical (unpaired) electrons. The van der Waals surface area contributed by atoms with Crippen molar-refractivity contribution in [3.05, 3.63) is 33.8 Å². The fourth-order valence-electron chi connectivity index (χ4n) is 4.89. The molecule has 5 nitrogen and oxygen atoms in total. The maximum Gasteiger partial charge on any atom is 0.224 e. The van der Waals surface area contributed by atoms with E-state index in [4.69, 9.17) is 32.7 Å². The van der Waals surface area contributed by atoms with Crippen molar-refractivity contribution in [1.82, 2.24) is 10.2 Å². The molecular weight excluding hydrogens is 435 g/mol. The Bertz CT molecular complexity index is 722. The van der Waals surface area contributed by atoms with E-state index < -0.39 is 5.79 Å². The van der Waals surface area contributed by atoms with Crippen molar-refractivity contribution >= 4 is 29.1 Å². The Morgan fingerprint density at radius 1 is 1.03 bits per heavy atom. The van der Waals surface area contributed by atoms with Crippen molar-refractivity contribution < 1.29 is 14.3 Å². The minimum atomic E-state index is -0.421. The van der Waals surface area contributed by atoms with E-state index >= 15 is 0 Å². The third-order valence-electron chi connectivity index (χ3n) is 6.58. The van der Waals surface area contributed by atoms with Crippen molar-refractivity contribution in [2.24, 2.45) is 0 Å². The number of amides is 1. The molecule has 1 aromatic carbocycles. The van der Waals surface area contributed by atoms with Gasteiger partial charge in [-0.25, -0.2) is 0 Å². The molecule has 174 valence electrons. The molecule has 1 aromatic rings. The Balaban J connectivity index is 1.67. The van der Waals surface area contributed by atoms with Crippen LogP contribution < -0.4 is 5.32 Å². The quantitative estimate of drug-likeness (QED) is 0.537. The maximum atomic E-state index is 12.8. The van der Waals surface area contributed by atoms with Gasteiger partial charge in [0.05, 0.1) is 29.7 Å². The SMILES string of the molecule is CCCN(CCC)C1(CNC(=O)Cc2ccc(Cl)c(Cl)c2)CCC2(CC1)OCCCO2. The van der Waals surface area contributed by atoms with Crippen LogP contribution in [0, 0.1) is 0 Å². The molecule has 1 amide bonds. The summed E-state index contributed by atoms with van der Waals surface area (Å²) >= 11 is 12.1. The van der Waals surface area contributed by atoms with Gasteiger partial charge in [0.1, 0.15) is 0 Å². The summed E-state index contributed by atoms with van der Waals surface area (Å²) in [5.74, 6) is -0.410. The molecule has 7 heteroatoms. The molecule has 0 unspecified atom stereocenters. The molecule has 1 aliphatic carbocycles. The first-order valence-corrected chi connectivity index (χ1v) is 12.4. The highest BCUT2D eigenvalue weighted by Crippen LogP contribution is 2.42. The van der Waals surface area contributed by atoms with E-state index in [1.807, 2.05) is 6.07 Å². The molecule has 1 N–H and O–H groups in total. The fraction of sp³-hybridized carbons (Fsp3) is 0.708. The lowest BCUT2D eigenvalue weighted by atomic mass is 9.76. The summed E-state index contributed by atoms with van der Waals surface area (Å²) in [6, 6.07) is 5.36. The number of carbonyl (C=O) groups is 1. The van der Waals surface area contributed by atoms with Gasteiger partial charge in [0.25, 0.3) is 0 Å². The number of benzene rings is 1. The number of rotatable bonds is 9. The lowest BCUT2D eigenvalue weighted by Gasteiger charge is -2.52. The standard InChI is InChI=1S/C24H36Cl2N2O3/c1-3-12-28(13-4-2)23(8-10-24(11-9-23)30-14-5-15-31-24)18-27-22(29)17-19-6-7-20(25)21(26)16-19/h6-7,16H,3-5,8-15,17-18H2,1-2H3,(H,27,29). The van der Waals surface area contributed by atoms with Crippen molar-refractivity contribution in [1.29, 1.82) is 0 Å². The third-order valence-corrected chi connectivity index (χ3v) is 7.32. The second-order valence-corrected chi connectivity index (χ2v) is 9.69. The first-order valence-electron chi connectivity index (χ1n) is 11.7. The second kappa shape index (κ2) is 11.3. The average Bonchev–Trinajstić information content (AvgIpc) is 2.77. The van der Waals surface area contributed by atoms with Gasteiger partial charge in [0.2, 0.25) is 5.91 Å². The van der Waals surface area contributed by atoms with Crippen molar-refractivity contribution in [3.63, 3.8) is 0 Å². The van der Waals surface area contributed by atoms with Gasteiger partial charge in [-0.05, 0) is 62.9 Å². The first-order chi connectivity index (χ1) is 14.9. The number of ether oxygens (including phenoxy) is 2. The highest BCUT2D eigenvalue weighted by molar-refractivity contribution is 6.42. The number of nitrogens with one attached hydrogen (secondary N) is 1. The summed E-state index contributed by atoms with van der Waals surface area (Å²) in [4.78, 5) is 15.4. The molecular formula is C24H36Cl2N2O3. The Morgan fingerprint density at radius 3 is 2.26 bits per heavy atom. The summed E-state index contributed by atoms with van der Waals surface area (Å²) in [6.07, 6.45) is 7.12. The smallest absolute Gasteiger partial charge is 0.224 e. The summed E-state index contributed by atoms with van der Waals surface area (Å²) < 4.78 is 12.1. The maximum absolute atomic E-state index is 12.8. The van der Waals surface area contributed by atoms with Crippen LogP contribution in [0.15, 0.2) is 18.2 Å². The Morgan fingerprint density at radius 2 is 1.68 bits per heavy atom. The first kappa shape index (κ1) is 24.8. The largest absolute Gasteiger partial charge is 0.354 e. The average molecular weight is 471 g/mol. The topological polar surface area (TPSA) is 50.8 Å². The van der Waals surface area contributed by atoms with E-state index in [-0.39, 0.29) is 11.4 Å². The summed E-state index contributed by atoms with van der Waals surface area (Å²) in [5.41, 5.74) is 0.806. The number of nitrogens with zero attached hydrogens (tertiary/aromatic N) is 1. The molecule has 0 aromatic heterocycles. The third kappa shape index (κ3) is 6.35. The van der Waals surface area contributed by atoms with Gasteiger partial charge in [-0.3, -0.25) is 9.69 Å². The van der Waals surface area contributed by atoms with Crippen molar-refractivity contribution in [2.45, 2.75) is 76.5 Å². The van der Waals surface area contributed by atoms with Gasteiger partial charge >= 0.3 is 0 Å².